The van der Waals surface area contributed by atoms with Crippen molar-refractivity contribution in [1.82, 2.24) is 0 Å². The summed E-state index contributed by atoms with van der Waals surface area (Å²) in [6.07, 6.45) is 1.11. The molecule has 2 rings (SSSR count). The highest BCUT2D eigenvalue weighted by atomic mass is 35.5. The molecule has 2 aromatic rings. The van der Waals surface area contributed by atoms with Crippen LogP contribution in [0.4, 0.5) is 11.4 Å². The largest absolute Gasteiger partial charge is 0.378 e. The van der Waals surface area contributed by atoms with Gasteiger partial charge in [-0.25, -0.2) is 0 Å². The Morgan fingerprint density at radius 3 is 1.76 bits per heavy atom. The van der Waals surface area contributed by atoms with E-state index in [-0.39, 0.29) is 0 Å². The Bertz CT molecular complexity index is 550. The van der Waals surface area contributed by atoms with E-state index in [9.17, 15) is 0 Å². The first-order valence-electron chi connectivity index (χ1n) is 7.13. The molecular weight excluding hydrogens is 280 g/mol. The maximum Gasteiger partial charge on any atom is 0.0426 e. The minimum absolute atomic E-state index is 0.784. The second-order valence-corrected chi connectivity index (χ2v) is 5.73. The Balaban J connectivity index is 0.000000211. The fraction of sp³-hybridized carbons (Fsp3) is 0.333. The van der Waals surface area contributed by atoms with Gasteiger partial charge in [0.25, 0.3) is 0 Å². The van der Waals surface area contributed by atoms with Crippen molar-refractivity contribution in [2.24, 2.45) is 0 Å². The van der Waals surface area contributed by atoms with E-state index < -0.39 is 0 Å². The molecule has 0 bridgehead atoms. The summed E-state index contributed by atoms with van der Waals surface area (Å²) in [7, 11) is 8.11. The molecule has 0 saturated heterocycles. The molecule has 0 aromatic heterocycles. The standard InChI is InChI=1S/C10H15N.C8H10ClN/c1-4-9-6-5-7-10(8-9)11(2)3;1-10(2)8-5-3-4-7(9)6-8/h5-8H,4H2,1-3H3;3-6H,1-2H3. The summed E-state index contributed by atoms with van der Waals surface area (Å²) < 4.78 is 0. The van der Waals surface area contributed by atoms with Crippen LogP contribution in [0.2, 0.25) is 5.02 Å². The van der Waals surface area contributed by atoms with E-state index in [0.29, 0.717) is 0 Å². The first kappa shape index (κ1) is 17.4. The van der Waals surface area contributed by atoms with Gasteiger partial charge in [0.05, 0.1) is 0 Å². The van der Waals surface area contributed by atoms with Crippen molar-refractivity contribution in [2.45, 2.75) is 13.3 Å². The Kier molecular flexibility index (Phi) is 7.10. The van der Waals surface area contributed by atoms with Gasteiger partial charge in [-0.15, -0.1) is 0 Å². The molecule has 0 unspecified atom stereocenters. The number of rotatable bonds is 3. The van der Waals surface area contributed by atoms with Gasteiger partial charge in [0.2, 0.25) is 0 Å². The van der Waals surface area contributed by atoms with Gasteiger partial charge in [0.1, 0.15) is 0 Å². The lowest BCUT2D eigenvalue weighted by Crippen LogP contribution is -2.08. The molecule has 0 amide bonds. The summed E-state index contributed by atoms with van der Waals surface area (Å²) in [5.41, 5.74) is 3.81. The molecular formula is C18H25ClN2. The summed E-state index contributed by atoms with van der Waals surface area (Å²) in [5.74, 6) is 0. The van der Waals surface area contributed by atoms with Crippen LogP contribution in [0.3, 0.4) is 0 Å². The van der Waals surface area contributed by atoms with E-state index in [0.717, 1.165) is 17.1 Å². The molecule has 0 heterocycles. The topological polar surface area (TPSA) is 6.48 Å². The van der Waals surface area contributed by atoms with Crippen LogP contribution in [-0.2, 0) is 6.42 Å². The van der Waals surface area contributed by atoms with E-state index in [4.69, 9.17) is 11.6 Å². The second-order valence-electron chi connectivity index (χ2n) is 5.29. The number of halogens is 1. The minimum Gasteiger partial charge on any atom is -0.378 e. The lowest BCUT2D eigenvalue weighted by atomic mass is 10.1. The molecule has 0 aliphatic heterocycles. The average molecular weight is 305 g/mol. The van der Waals surface area contributed by atoms with Crippen LogP contribution in [0.25, 0.3) is 0 Å². The summed E-state index contributed by atoms with van der Waals surface area (Å²) in [6, 6.07) is 16.4. The monoisotopic (exact) mass is 304 g/mol. The molecule has 0 radical (unpaired) electrons. The molecule has 0 N–H and O–H groups in total. The molecule has 0 saturated carbocycles. The second kappa shape index (κ2) is 8.58. The Hall–Kier alpha value is -1.67. The normalized spacial score (nSPS) is 9.62. The van der Waals surface area contributed by atoms with Gasteiger partial charge in [-0.2, -0.15) is 0 Å². The van der Waals surface area contributed by atoms with Gasteiger partial charge in [0.15, 0.2) is 0 Å². The third kappa shape index (κ3) is 6.09. The van der Waals surface area contributed by atoms with Gasteiger partial charge in [0, 0.05) is 44.6 Å². The number of aryl methyl sites for hydroxylation is 1. The SMILES string of the molecule is CCc1cccc(N(C)C)c1.CN(C)c1cccc(Cl)c1. The fourth-order valence-electron chi connectivity index (χ4n) is 1.81. The van der Waals surface area contributed by atoms with Crippen LogP contribution in [-0.4, -0.2) is 28.2 Å². The van der Waals surface area contributed by atoms with E-state index >= 15 is 0 Å². The number of hydrogen-bond donors (Lipinski definition) is 0. The van der Waals surface area contributed by atoms with Crippen molar-refractivity contribution in [3.8, 4) is 0 Å². The van der Waals surface area contributed by atoms with Crippen molar-refractivity contribution in [2.75, 3.05) is 38.0 Å². The van der Waals surface area contributed by atoms with Crippen LogP contribution in [0.15, 0.2) is 48.5 Å². The van der Waals surface area contributed by atoms with E-state index in [1.54, 1.807) is 0 Å². The molecule has 2 aromatic carbocycles. The minimum atomic E-state index is 0.784. The first-order chi connectivity index (χ1) is 9.93. The Morgan fingerprint density at radius 2 is 1.33 bits per heavy atom. The highest BCUT2D eigenvalue weighted by Crippen LogP contribution is 2.16. The summed E-state index contributed by atoms with van der Waals surface area (Å²) >= 11 is 5.76. The molecule has 2 nitrogen and oxygen atoms in total. The molecule has 0 fully saturated rings. The fourth-order valence-corrected chi connectivity index (χ4v) is 1.99. The van der Waals surface area contributed by atoms with Gasteiger partial charge < -0.3 is 9.80 Å². The highest BCUT2D eigenvalue weighted by molar-refractivity contribution is 6.30. The highest BCUT2D eigenvalue weighted by Gasteiger charge is 1.94. The lowest BCUT2D eigenvalue weighted by Gasteiger charge is -2.12. The number of hydrogen-bond acceptors (Lipinski definition) is 2. The zero-order valence-electron chi connectivity index (χ0n) is 13.6. The number of nitrogens with zero attached hydrogens (tertiary/aromatic N) is 2. The molecule has 3 heteroatoms. The molecule has 0 spiro atoms. The van der Waals surface area contributed by atoms with Crippen molar-refractivity contribution >= 4 is 23.0 Å². The lowest BCUT2D eigenvalue weighted by molar-refractivity contribution is 1.10. The zero-order chi connectivity index (χ0) is 15.8. The molecule has 21 heavy (non-hydrogen) atoms. The van der Waals surface area contributed by atoms with Crippen LogP contribution in [0.5, 0.6) is 0 Å². The van der Waals surface area contributed by atoms with E-state index in [1.807, 2.05) is 43.3 Å². The third-order valence-electron chi connectivity index (χ3n) is 3.16. The summed E-state index contributed by atoms with van der Waals surface area (Å²) in [5, 5.41) is 0.784. The molecule has 0 aliphatic rings. The van der Waals surface area contributed by atoms with E-state index in [1.165, 1.54) is 11.3 Å². The number of anilines is 2. The quantitative estimate of drug-likeness (QED) is 0.809. The van der Waals surface area contributed by atoms with Gasteiger partial charge in [-0.3, -0.25) is 0 Å². The summed E-state index contributed by atoms with van der Waals surface area (Å²) in [6.45, 7) is 2.18. The third-order valence-corrected chi connectivity index (χ3v) is 3.39. The first-order valence-corrected chi connectivity index (χ1v) is 7.51. The zero-order valence-corrected chi connectivity index (χ0v) is 14.4. The van der Waals surface area contributed by atoms with Crippen molar-refractivity contribution in [1.29, 1.82) is 0 Å². The van der Waals surface area contributed by atoms with Crippen molar-refractivity contribution in [3.05, 3.63) is 59.1 Å². The Morgan fingerprint density at radius 1 is 0.810 bits per heavy atom. The maximum absolute atomic E-state index is 5.76. The van der Waals surface area contributed by atoms with Gasteiger partial charge in [-0.1, -0.05) is 36.7 Å². The Labute approximate surface area is 134 Å². The molecule has 0 atom stereocenters. The smallest absolute Gasteiger partial charge is 0.0426 e. The van der Waals surface area contributed by atoms with Crippen LogP contribution >= 0.6 is 11.6 Å². The van der Waals surface area contributed by atoms with E-state index in [2.05, 4.69) is 50.2 Å². The van der Waals surface area contributed by atoms with Crippen LogP contribution < -0.4 is 9.80 Å². The summed E-state index contributed by atoms with van der Waals surface area (Å²) in [4.78, 5) is 4.14. The molecule has 114 valence electrons. The van der Waals surface area contributed by atoms with Crippen molar-refractivity contribution < 1.29 is 0 Å². The average Bonchev–Trinajstić information content (AvgIpc) is 2.48. The molecule has 0 aliphatic carbocycles. The number of benzene rings is 2. The van der Waals surface area contributed by atoms with Gasteiger partial charge >= 0.3 is 0 Å². The van der Waals surface area contributed by atoms with Crippen LogP contribution in [0, 0.1) is 0 Å². The maximum atomic E-state index is 5.76. The van der Waals surface area contributed by atoms with Crippen molar-refractivity contribution in [3.63, 3.8) is 0 Å². The predicted octanol–water partition coefficient (Wildman–Crippen LogP) is 4.72. The van der Waals surface area contributed by atoms with Crippen LogP contribution in [0.1, 0.15) is 12.5 Å². The van der Waals surface area contributed by atoms with Gasteiger partial charge in [-0.05, 0) is 42.3 Å². The predicted molar refractivity (Wildman–Crippen MR) is 95.9 cm³/mol.